The van der Waals surface area contributed by atoms with Crippen LogP contribution >= 0.6 is 0 Å². The second kappa shape index (κ2) is 8.17. The molecule has 0 atom stereocenters. The van der Waals surface area contributed by atoms with E-state index in [4.69, 9.17) is 8.94 Å². The number of hydrogen-bond acceptors (Lipinski definition) is 5. The quantitative estimate of drug-likeness (QED) is 0.554. The van der Waals surface area contributed by atoms with Gasteiger partial charge >= 0.3 is 0 Å². The van der Waals surface area contributed by atoms with E-state index in [9.17, 15) is 9.59 Å². The molecule has 162 valence electrons. The summed E-state index contributed by atoms with van der Waals surface area (Å²) in [6, 6.07) is 11.8. The van der Waals surface area contributed by atoms with E-state index in [-0.39, 0.29) is 22.9 Å². The van der Waals surface area contributed by atoms with Gasteiger partial charge in [-0.3, -0.25) is 9.59 Å². The molecule has 6 nitrogen and oxygen atoms in total. The predicted octanol–water partition coefficient (Wildman–Crippen LogP) is 5.10. The summed E-state index contributed by atoms with van der Waals surface area (Å²) in [5.74, 6) is 1.58. The van der Waals surface area contributed by atoms with Crippen LogP contribution in [0.1, 0.15) is 64.7 Å². The highest BCUT2D eigenvalue weighted by molar-refractivity contribution is 6.03. The number of amides is 1. The molecule has 0 saturated carbocycles. The predicted molar refractivity (Wildman–Crippen MR) is 117 cm³/mol. The Morgan fingerprint density at radius 3 is 2.68 bits per heavy atom. The van der Waals surface area contributed by atoms with Gasteiger partial charge in [0.1, 0.15) is 17.2 Å². The highest BCUT2D eigenvalue weighted by atomic mass is 16.5. The number of furan rings is 1. The molecule has 1 aliphatic carbocycles. The maximum absolute atomic E-state index is 13.0. The van der Waals surface area contributed by atoms with Crippen LogP contribution in [0.2, 0.25) is 0 Å². The molecule has 0 saturated heterocycles. The van der Waals surface area contributed by atoms with E-state index in [0.29, 0.717) is 42.7 Å². The number of fused-ring (bicyclic) bond motifs is 1. The van der Waals surface area contributed by atoms with Crippen molar-refractivity contribution in [2.75, 3.05) is 13.6 Å². The Bertz CT molecular complexity index is 1110. The van der Waals surface area contributed by atoms with E-state index in [2.05, 4.69) is 5.16 Å². The van der Waals surface area contributed by atoms with Gasteiger partial charge in [-0.1, -0.05) is 49.3 Å². The average Bonchev–Trinajstić information content (AvgIpc) is 3.32. The van der Waals surface area contributed by atoms with Crippen LogP contribution in [0, 0.1) is 12.3 Å². The molecule has 31 heavy (non-hydrogen) atoms. The van der Waals surface area contributed by atoms with Crippen molar-refractivity contribution in [2.24, 2.45) is 5.41 Å². The summed E-state index contributed by atoms with van der Waals surface area (Å²) in [5.41, 5.74) is 2.95. The molecule has 0 unspecified atom stereocenters. The summed E-state index contributed by atoms with van der Waals surface area (Å²) in [6.07, 6.45) is 2.56. The molecule has 0 radical (unpaired) electrons. The summed E-state index contributed by atoms with van der Waals surface area (Å²) in [6.45, 7) is 6.45. The van der Waals surface area contributed by atoms with E-state index in [0.717, 1.165) is 23.4 Å². The van der Waals surface area contributed by atoms with E-state index in [1.165, 1.54) is 0 Å². The van der Waals surface area contributed by atoms with Crippen LogP contribution in [0.15, 0.2) is 45.3 Å². The van der Waals surface area contributed by atoms with Crippen molar-refractivity contribution in [3.63, 3.8) is 0 Å². The monoisotopic (exact) mass is 420 g/mol. The van der Waals surface area contributed by atoms with Gasteiger partial charge in [0.25, 0.3) is 5.91 Å². The zero-order chi connectivity index (χ0) is 22.2. The Morgan fingerprint density at radius 2 is 1.94 bits per heavy atom. The zero-order valence-corrected chi connectivity index (χ0v) is 18.5. The van der Waals surface area contributed by atoms with Crippen molar-refractivity contribution in [1.82, 2.24) is 10.1 Å². The highest BCUT2D eigenvalue weighted by Crippen LogP contribution is 2.38. The first kappa shape index (κ1) is 21.1. The second-order valence-electron chi connectivity index (χ2n) is 9.17. The molecular weight excluding hydrogens is 392 g/mol. The van der Waals surface area contributed by atoms with Crippen molar-refractivity contribution < 1.29 is 18.5 Å². The highest BCUT2D eigenvalue weighted by Gasteiger charge is 2.37. The van der Waals surface area contributed by atoms with Crippen LogP contribution in [0.25, 0.3) is 11.3 Å². The third-order valence-electron chi connectivity index (χ3n) is 5.86. The lowest BCUT2D eigenvalue weighted by molar-refractivity contribution is 0.0754. The Balaban J connectivity index is 1.38. The Hall–Kier alpha value is -3.15. The van der Waals surface area contributed by atoms with Crippen molar-refractivity contribution in [2.45, 2.75) is 46.5 Å². The molecule has 2 aromatic heterocycles. The van der Waals surface area contributed by atoms with E-state index < -0.39 is 0 Å². The number of rotatable bonds is 6. The van der Waals surface area contributed by atoms with Gasteiger partial charge in [0.2, 0.25) is 0 Å². The lowest BCUT2D eigenvalue weighted by Gasteiger charge is -2.27. The largest absolute Gasteiger partial charge is 0.455 e. The van der Waals surface area contributed by atoms with Crippen molar-refractivity contribution in [3.05, 3.63) is 64.8 Å². The van der Waals surface area contributed by atoms with Gasteiger partial charge in [-0.05, 0) is 18.8 Å². The number of carbonyl (C=O) groups is 2. The molecule has 1 amide bonds. The van der Waals surface area contributed by atoms with Crippen LogP contribution in [-0.4, -0.2) is 35.3 Å². The molecule has 3 aromatic rings. The fourth-order valence-electron chi connectivity index (χ4n) is 4.23. The number of ketones is 1. The minimum absolute atomic E-state index is 0.0637. The van der Waals surface area contributed by atoms with Crippen molar-refractivity contribution in [3.8, 4) is 11.3 Å². The lowest BCUT2D eigenvalue weighted by atomic mass is 9.76. The van der Waals surface area contributed by atoms with Crippen LogP contribution in [-0.2, 0) is 12.8 Å². The Labute approximate surface area is 182 Å². The molecule has 0 fully saturated rings. The number of Topliss-reactive ketones (excluding diaryl/α,β-unsaturated/α-hetero) is 1. The van der Waals surface area contributed by atoms with Crippen LogP contribution in [0.5, 0.6) is 0 Å². The van der Waals surface area contributed by atoms with E-state index in [1.54, 1.807) is 18.9 Å². The first-order valence-electron chi connectivity index (χ1n) is 10.7. The molecule has 0 N–H and O–H groups in total. The average molecular weight is 421 g/mol. The van der Waals surface area contributed by atoms with Gasteiger partial charge in [0.15, 0.2) is 11.5 Å². The minimum atomic E-state index is -0.194. The maximum Gasteiger partial charge on any atom is 0.289 e. The number of aromatic nitrogens is 1. The number of benzene rings is 1. The fourth-order valence-corrected chi connectivity index (χ4v) is 4.23. The Morgan fingerprint density at radius 1 is 1.19 bits per heavy atom. The number of carbonyl (C=O) groups excluding carboxylic acids is 2. The molecular formula is C25H28N2O4. The summed E-state index contributed by atoms with van der Waals surface area (Å²) in [5, 5.41) is 4.13. The first-order valence-corrected chi connectivity index (χ1v) is 10.7. The molecule has 2 heterocycles. The summed E-state index contributed by atoms with van der Waals surface area (Å²) < 4.78 is 11.3. The first-order chi connectivity index (χ1) is 14.7. The third kappa shape index (κ3) is 4.33. The minimum Gasteiger partial charge on any atom is -0.455 e. The molecule has 0 aliphatic heterocycles. The number of nitrogens with zero attached hydrogens (tertiary/aromatic N) is 2. The van der Waals surface area contributed by atoms with Crippen LogP contribution in [0.4, 0.5) is 0 Å². The second-order valence-corrected chi connectivity index (χ2v) is 9.17. The molecule has 1 aliphatic rings. The lowest BCUT2D eigenvalue weighted by Crippen LogP contribution is -2.28. The standard InChI is InChI=1S/C25H28N2O4/c1-16-22-20(28)14-25(2,3)15-21(22)30-23(16)24(29)27(4)12-8-11-18-13-19(26-31-18)17-9-6-5-7-10-17/h5-7,9-10,13H,8,11-12,14-15H2,1-4H3. The van der Waals surface area contributed by atoms with Gasteiger partial charge < -0.3 is 13.8 Å². The molecule has 0 bridgehead atoms. The number of aryl methyl sites for hydroxylation is 1. The topological polar surface area (TPSA) is 76.6 Å². The Kier molecular flexibility index (Phi) is 5.56. The zero-order valence-electron chi connectivity index (χ0n) is 18.5. The van der Waals surface area contributed by atoms with Crippen LogP contribution in [0.3, 0.4) is 0 Å². The summed E-state index contributed by atoms with van der Waals surface area (Å²) >= 11 is 0. The SMILES string of the molecule is Cc1c(C(=O)N(C)CCCc2cc(-c3ccccc3)no2)oc2c1C(=O)CC(C)(C)C2. The summed E-state index contributed by atoms with van der Waals surface area (Å²) in [4.78, 5) is 27.2. The molecule has 4 rings (SSSR count). The van der Waals surface area contributed by atoms with Gasteiger partial charge in [-0.15, -0.1) is 0 Å². The molecule has 0 spiro atoms. The van der Waals surface area contributed by atoms with Gasteiger partial charge in [-0.2, -0.15) is 0 Å². The third-order valence-corrected chi connectivity index (χ3v) is 5.86. The molecule has 6 heteroatoms. The molecule has 1 aromatic carbocycles. The van der Waals surface area contributed by atoms with Gasteiger partial charge in [-0.25, -0.2) is 0 Å². The van der Waals surface area contributed by atoms with E-state index in [1.807, 2.05) is 50.2 Å². The van der Waals surface area contributed by atoms with Crippen LogP contribution < -0.4 is 0 Å². The maximum atomic E-state index is 13.0. The van der Waals surface area contributed by atoms with Crippen molar-refractivity contribution in [1.29, 1.82) is 0 Å². The number of hydrogen-bond donors (Lipinski definition) is 0. The smallest absolute Gasteiger partial charge is 0.289 e. The normalized spacial score (nSPS) is 15.0. The van der Waals surface area contributed by atoms with E-state index >= 15 is 0 Å². The summed E-state index contributed by atoms with van der Waals surface area (Å²) in [7, 11) is 1.75. The van der Waals surface area contributed by atoms with Gasteiger partial charge in [0, 0.05) is 50.0 Å². The fraction of sp³-hybridized carbons (Fsp3) is 0.400. The van der Waals surface area contributed by atoms with Gasteiger partial charge in [0.05, 0.1) is 5.56 Å². The van der Waals surface area contributed by atoms with Crippen molar-refractivity contribution >= 4 is 11.7 Å².